The van der Waals surface area contributed by atoms with E-state index < -0.39 is 38.8 Å². The van der Waals surface area contributed by atoms with Gasteiger partial charge in [0.05, 0.1) is 18.1 Å². The van der Waals surface area contributed by atoms with Crippen molar-refractivity contribution in [2.75, 3.05) is 6.61 Å². The van der Waals surface area contributed by atoms with Crippen molar-refractivity contribution < 1.29 is 28.2 Å². The fourth-order valence-corrected chi connectivity index (χ4v) is 3.77. The summed E-state index contributed by atoms with van der Waals surface area (Å²) < 4.78 is 23.2. The minimum atomic E-state index is -2.01. The molecule has 0 aliphatic carbocycles. The molecule has 1 aromatic carbocycles. The smallest absolute Gasteiger partial charge is 0.338 e. The summed E-state index contributed by atoms with van der Waals surface area (Å²) in [6, 6.07) is 8.81. The van der Waals surface area contributed by atoms with Gasteiger partial charge in [0.25, 0.3) is 0 Å². The molecule has 2 rings (SSSR count). The van der Waals surface area contributed by atoms with Gasteiger partial charge in [-0.3, -0.25) is 4.79 Å². The molecule has 1 heterocycles. The van der Waals surface area contributed by atoms with Gasteiger partial charge in [0, 0.05) is 6.92 Å². The van der Waals surface area contributed by atoms with Gasteiger partial charge in [0.2, 0.25) is 6.29 Å². The molecule has 1 aromatic rings. The number of hydrogen-bond donors (Lipinski definition) is 0. The van der Waals surface area contributed by atoms with E-state index in [0.29, 0.717) is 5.56 Å². The molecule has 156 valence electrons. The summed E-state index contributed by atoms with van der Waals surface area (Å²) in [5.74, 6) is -1.16. The lowest BCUT2D eigenvalue weighted by Gasteiger charge is -2.37. The average molecular weight is 409 g/mol. The van der Waals surface area contributed by atoms with Crippen molar-refractivity contribution in [3.05, 3.63) is 35.9 Å². The molecule has 0 aromatic heterocycles. The monoisotopic (exact) mass is 408 g/mol. The molecule has 0 bridgehead atoms. The summed E-state index contributed by atoms with van der Waals surface area (Å²) in [4.78, 5) is 24.0. The van der Waals surface area contributed by atoms with Crippen LogP contribution >= 0.6 is 0 Å². The van der Waals surface area contributed by atoms with Crippen LogP contribution in [-0.4, -0.2) is 45.4 Å². The first kappa shape index (κ1) is 22.6. The summed E-state index contributed by atoms with van der Waals surface area (Å²) in [7, 11) is -2.01. The Bertz CT molecular complexity index is 682. The number of esters is 2. The lowest BCUT2D eigenvalue weighted by molar-refractivity contribution is -0.180. The van der Waals surface area contributed by atoms with Crippen LogP contribution in [0.5, 0.6) is 0 Å². The number of carbonyl (C=O) groups is 2. The van der Waals surface area contributed by atoms with Gasteiger partial charge in [-0.2, -0.15) is 0 Å². The fourth-order valence-electron chi connectivity index (χ4n) is 2.76. The van der Waals surface area contributed by atoms with Crippen LogP contribution in [0.15, 0.2) is 30.3 Å². The van der Waals surface area contributed by atoms with Crippen LogP contribution in [0.1, 0.15) is 45.0 Å². The average Bonchev–Trinajstić information content (AvgIpc) is 2.88. The maximum Gasteiger partial charge on any atom is 0.338 e. The molecule has 0 amide bonds. The standard InChI is InChI=1S/C21H32O6Si/c1-14-18(27-19(23)16-11-9-8-10-12-16)17(26-20(14)25-15(2)22)13-24-28(6,7)21(3,4)5/h8-12,14,17-18,20H,13H2,1-7H3/t14-,17-,18+,20?/m1/s1. The van der Waals surface area contributed by atoms with E-state index in [-0.39, 0.29) is 17.6 Å². The number of benzene rings is 1. The van der Waals surface area contributed by atoms with E-state index in [9.17, 15) is 9.59 Å². The van der Waals surface area contributed by atoms with Crippen molar-refractivity contribution in [3.63, 3.8) is 0 Å². The summed E-state index contributed by atoms with van der Waals surface area (Å²) in [5.41, 5.74) is 0.467. The Hall–Kier alpha value is -1.70. The van der Waals surface area contributed by atoms with Crippen molar-refractivity contribution in [1.82, 2.24) is 0 Å². The summed E-state index contributed by atoms with van der Waals surface area (Å²) in [6.07, 6.45) is -1.83. The largest absolute Gasteiger partial charge is 0.455 e. The lowest BCUT2D eigenvalue weighted by Crippen LogP contribution is -2.44. The van der Waals surface area contributed by atoms with Gasteiger partial charge >= 0.3 is 11.9 Å². The molecule has 0 N–H and O–H groups in total. The molecule has 1 aliphatic heterocycles. The van der Waals surface area contributed by atoms with Crippen LogP contribution in [-0.2, 0) is 23.4 Å². The molecule has 28 heavy (non-hydrogen) atoms. The third-order valence-corrected chi connectivity index (χ3v) is 10.1. The number of rotatable bonds is 6. The molecule has 1 unspecified atom stereocenters. The Kier molecular flexibility index (Phi) is 7.06. The first-order valence-electron chi connectivity index (χ1n) is 9.65. The third kappa shape index (κ3) is 5.43. The molecular weight excluding hydrogens is 376 g/mol. The van der Waals surface area contributed by atoms with Gasteiger partial charge in [-0.25, -0.2) is 4.79 Å². The fraction of sp³-hybridized carbons (Fsp3) is 0.619. The third-order valence-electron chi connectivity index (χ3n) is 5.57. The molecule has 0 saturated carbocycles. The van der Waals surface area contributed by atoms with Crippen LogP contribution in [0.2, 0.25) is 18.1 Å². The lowest BCUT2D eigenvalue weighted by atomic mass is 10.0. The second kappa shape index (κ2) is 8.76. The summed E-state index contributed by atoms with van der Waals surface area (Å²) >= 11 is 0. The zero-order chi connectivity index (χ0) is 21.1. The van der Waals surface area contributed by atoms with Crippen molar-refractivity contribution >= 4 is 20.3 Å². The minimum absolute atomic E-state index is 0.0444. The topological polar surface area (TPSA) is 71.1 Å². The van der Waals surface area contributed by atoms with Gasteiger partial charge in [0.15, 0.2) is 8.32 Å². The maximum atomic E-state index is 12.6. The highest BCUT2D eigenvalue weighted by Crippen LogP contribution is 2.38. The minimum Gasteiger partial charge on any atom is -0.455 e. The van der Waals surface area contributed by atoms with Gasteiger partial charge in [-0.05, 0) is 30.3 Å². The Morgan fingerprint density at radius 2 is 1.71 bits per heavy atom. The van der Waals surface area contributed by atoms with Crippen LogP contribution < -0.4 is 0 Å². The summed E-state index contributed by atoms with van der Waals surface area (Å²) in [6.45, 7) is 14.2. The second-order valence-corrected chi connectivity index (χ2v) is 13.6. The first-order chi connectivity index (χ1) is 12.9. The molecule has 0 radical (unpaired) electrons. The van der Waals surface area contributed by atoms with Gasteiger partial charge in [-0.15, -0.1) is 0 Å². The maximum absolute atomic E-state index is 12.6. The normalized spacial score (nSPS) is 25.4. The van der Waals surface area contributed by atoms with Crippen LogP contribution in [0.4, 0.5) is 0 Å². The van der Waals surface area contributed by atoms with Crippen LogP contribution in [0.25, 0.3) is 0 Å². The Labute approximate surface area is 168 Å². The Morgan fingerprint density at radius 1 is 1.11 bits per heavy atom. The van der Waals surface area contributed by atoms with E-state index >= 15 is 0 Å². The zero-order valence-corrected chi connectivity index (χ0v) is 18.9. The van der Waals surface area contributed by atoms with Gasteiger partial charge in [0.1, 0.15) is 12.2 Å². The first-order valence-corrected chi connectivity index (χ1v) is 12.6. The second-order valence-electron chi connectivity index (χ2n) is 8.82. The number of carbonyl (C=O) groups excluding carboxylic acids is 2. The zero-order valence-electron chi connectivity index (χ0n) is 17.9. The number of hydrogen-bond acceptors (Lipinski definition) is 6. The quantitative estimate of drug-likeness (QED) is 0.520. The van der Waals surface area contributed by atoms with Gasteiger partial charge in [-0.1, -0.05) is 45.9 Å². The highest BCUT2D eigenvalue weighted by atomic mass is 28.4. The number of ether oxygens (including phenoxy) is 3. The van der Waals surface area contributed by atoms with Gasteiger partial charge < -0.3 is 18.6 Å². The van der Waals surface area contributed by atoms with E-state index in [2.05, 4.69) is 33.9 Å². The highest BCUT2D eigenvalue weighted by Gasteiger charge is 2.48. The molecular formula is C21H32O6Si. The molecule has 6 nitrogen and oxygen atoms in total. The molecule has 7 heteroatoms. The Morgan fingerprint density at radius 3 is 2.25 bits per heavy atom. The van der Waals surface area contributed by atoms with E-state index in [4.69, 9.17) is 18.6 Å². The Balaban J connectivity index is 2.14. The van der Waals surface area contributed by atoms with Crippen molar-refractivity contribution in [2.24, 2.45) is 5.92 Å². The molecule has 4 atom stereocenters. The van der Waals surface area contributed by atoms with Crippen molar-refractivity contribution in [1.29, 1.82) is 0 Å². The van der Waals surface area contributed by atoms with E-state index in [0.717, 1.165) is 0 Å². The molecule has 0 spiro atoms. The summed E-state index contributed by atoms with van der Waals surface area (Å²) in [5, 5.41) is 0.0444. The highest BCUT2D eigenvalue weighted by molar-refractivity contribution is 6.74. The SMILES string of the molecule is CC(=O)OC1O[C@H](CO[Si](C)(C)C(C)(C)C)[C@@H](OC(=O)c2ccccc2)[C@H]1C. The van der Waals surface area contributed by atoms with E-state index in [1.165, 1.54) is 6.92 Å². The molecule has 1 aliphatic rings. The predicted molar refractivity (Wildman–Crippen MR) is 108 cm³/mol. The van der Waals surface area contributed by atoms with E-state index in [1.54, 1.807) is 24.3 Å². The molecule has 1 saturated heterocycles. The van der Waals surface area contributed by atoms with E-state index in [1.807, 2.05) is 13.0 Å². The predicted octanol–water partition coefficient (Wildman–Crippen LogP) is 4.16. The molecule has 1 fully saturated rings. The van der Waals surface area contributed by atoms with Crippen LogP contribution in [0.3, 0.4) is 0 Å². The van der Waals surface area contributed by atoms with Crippen molar-refractivity contribution in [2.45, 2.75) is 71.2 Å². The van der Waals surface area contributed by atoms with Crippen molar-refractivity contribution in [3.8, 4) is 0 Å². The van der Waals surface area contributed by atoms with Crippen LogP contribution in [0, 0.1) is 5.92 Å².